The van der Waals surface area contributed by atoms with Gasteiger partial charge in [-0.2, -0.15) is 0 Å². The number of benzene rings is 3. The summed E-state index contributed by atoms with van der Waals surface area (Å²) in [5.41, 5.74) is 3.36. The number of halogens is 1. The van der Waals surface area contributed by atoms with Crippen LogP contribution >= 0.6 is 11.6 Å². The Bertz CT molecular complexity index is 1070. The number of hydrogen-bond donors (Lipinski definition) is 1. The number of hydrogen-bond acceptors (Lipinski definition) is 3. The molecular weight excluding hydrogens is 392 g/mol. The Labute approximate surface area is 170 Å². The van der Waals surface area contributed by atoms with Gasteiger partial charge in [0.05, 0.1) is 4.90 Å². The van der Waals surface area contributed by atoms with Crippen LogP contribution in [0.25, 0.3) is 0 Å². The van der Waals surface area contributed by atoms with Gasteiger partial charge in [-0.05, 0) is 47.9 Å². The molecule has 0 radical (unpaired) electrons. The van der Waals surface area contributed by atoms with Crippen molar-refractivity contribution in [2.45, 2.75) is 23.9 Å². The molecule has 3 aromatic rings. The second-order valence-electron chi connectivity index (χ2n) is 6.97. The quantitative estimate of drug-likeness (QED) is 0.681. The molecule has 3 aromatic carbocycles. The van der Waals surface area contributed by atoms with E-state index in [-0.39, 0.29) is 10.9 Å². The maximum absolute atomic E-state index is 12.8. The summed E-state index contributed by atoms with van der Waals surface area (Å²) in [5, 5.41) is 0.698. The van der Waals surface area contributed by atoms with Crippen molar-refractivity contribution in [2.75, 3.05) is 11.4 Å². The first kappa shape index (κ1) is 19.0. The Morgan fingerprint density at radius 2 is 1.71 bits per heavy atom. The van der Waals surface area contributed by atoms with E-state index in [1.165, 1.54) is 0 Å². The summed E-state index contributed by atoms with van der Waals surface area (Å²) in [6.07, 6.45) is 0.661. The predicted molar refractivity (Wildman–Crippen MR) is 113 cm³/mol. The molecule has 1 unspecified atom stereocenters. The van der Waals surface area contributed by atoms with Gasteiger partial charge in [-0.3, -0.25) is 0 Å². The fourth-order valence-corrected chi connectivity index (χ4v) is 5.12. The van der Waals surface area contributed by atoms with Gasteiger partial charge < -0.3 is 4.90 Å². The Balaban J connectivity index is 1.59. The monoisotopic (exact) mass is 412 g/mol. The van der Waals surface area contributed by atoms with E-state index in [0.717, 1.165) is 16.8 Å². The van der Waals surface area contributed by atoms with Crippen LogP contribution in [-0.2, 0) is 23.0 Å². The number of para-hydroxylation sites is 1. The summed E-state index contributed by atoms with van der Waals surface area (Å²) in [6.45, 7) is 1.26. The van der Waals surface area contributed by atoms with E-state index in [1.807, 2.05) is 42.5 Å². The summed E-state index contributed by atoms with van der Waals surface area (Å²) in [4.78, 5) is 2.50. The average molecular weight is 413 g/mol. The second-order valence-corrected chi connectivity index (χ2v) is 9.12. The van der Waals surface area contributed by atoms with Crippen LogP contribution in [0, 0.1) is 0 Å². The normalized spacial score (nSPS) is 16.6. The van der Waals surface area contributed by atoms with Crippen molar-refractivity contribution in [3.8, 4) is 0 Å². The van der Waals surface area contributed by atoms with Crippen molar-refractivity contribution in [1.82, 2.24) is 4.72 Å². The third-order valence-electron chi connectivity index (χ3n) is 4.88. The zero-order valence-electron chi connectivity index (χ0n) is 15.3. The van der Waals surface area contributed by atoms with E-state index < -0.39 is 10.0 Å². The molecule has 0 saturated carbocycles. The van der Waals surface area contributed by atoms with Crippen molar-refractivity contribution in [3.05, 3.63) is 95.0 Å². The van der Waals surface area contributed by atoms with E-state index in [1.54, 1.807) is 24.3 Å². The summed E-state index contributed by atoms with van der Waals surface area (Å²) < 4.78 is 28.4. The highest BCUT2D eigenvalue weighted by Crippen LogP contribution is 2.29. The molecule has 1 aliphatic heterocycles. The van der Waals surface area contributed by atoms with E-state index in [2.05, 4.69) is 21.8 Å². The number of rotatable bonds is 5. The Morgan fingerprint density at radius 1 is 0.964 bits per heavy atom. The molecule has 0 amide bonds. The van der Waals surface area contributed by atoms with Gasteiger partial charge in [0, 0.05) is 29.8 Å². The highest BCUT2D eigenvalue weighted by molar-refractivity contribution is 7.89. The zero-order valence-corrected chi connectivity index (χ0v) is 16.8. The van der Waals surface area contributed by atoms with Crippen LogP contribution in [-0.4, -0.2) is 21.0 Å². The van der Waals surface area contributed by atoms with E-state index in [0.29, 0.717) is 24.5 Å². The summed E-state index contributed by atoms with van der Waals surface area (Å²) >= 11 is 6.14. The van der Waals surface area contributed by atoms with Crippen LogP contribution in [0.5, 0.6) is 0 Å². The SMILES string of the molecule is O=S(=O)(NC1Cc2ccccc2N(Cc2cccc(Cl)c2)C1)c1ccccc1. The van der Waals surface area contributed by atoms with E-state index in [4.69, 9.17) is 11.6 Å². The van der Waals surface area contributed by atoms with Crippen molar-refractivity contribution < 1.29 is 8.42 Å². The Morgan fingerprint density at radius 3 is 2.50 bits per heavy atom. The molecule has 1 aliphatic rings. The van der Waals surface area contributed by atoms with Gasteiger partial charge in [0.15, 0.2) is 0 Å². The molecule has 4 nitrogen and oxygen atoms in total. The first-order valence-electron chi connectivity index (χ1n) is 9.16. The largest absolute Gasteiger partial charge is 0.365 e. The number of fused-ring (bicyclic) bond motifs is 1. The minimum absolute atomic E-state index is 0.209. The lowest BCUT2D eigenvalue weighted by Gasteiger charge is -2.36. The van der Waals surface area contributed by atoms with Gasteiger partial charge in [-0.1, -0.05) is 60.1 Å². The molecule has 0 aliphatic carbocycles. The highest BCUT2D eigenvalue weighted by Gasteiger charge is 2.28. The number of anilines is 1. The second kappa shape index (κ2) is 7.95. The van der Waals surface area contributed by atoms with Crippen LogP contribution in [0.4, 0.5) is 5.69 Å². The number of nitrogens with one attached hydrogen (secondary N) is 1. The Hall–Kier alpha value is -2.34. The lowest BCUT2D eigenvalue weighted by molar-refractivity contribution is 0.524. The standard InChI is InChI=1S/C22H21ClN2O2S/c23-19-9-6-7-17(13-19)15-25-16-20(14-18-8-4-5-12-22(18)25)24-28(26,27)21-10-2-1-3-11-21/h1-13,20,24H,14-16H2. The zero-order chi connectivity index (χ0) is 19.6. The average Bonchev–Trinajstić information content (AvgIpc) is 2.68. The summed E-state index contributed by atoms with van der Waals surface area (Å²) in [6, 6.07) is 24.2. The minimum atomic E-state index is -3.56. The van der Waals surface area contributed by atoms with Crippen molar-refractivity contribution in [3.63, 3.8) is 0 Å². The third kappa shape index (κ3) is 4.22. The molecule has 4 rings (SSSR count). The minimum Gasteiger partial charge on any atom is -0.365 e. The van der Waals surface area contributed by atoms with Crippen molar-refractivity contribution in [1.29, 1.82) is 0 Å². The maximum atomic E-state index is 12.8. The van der Waals surface area contributed by atoms with E-state index >= 15 is 0 Å². The molecule has 0 bridgehead atoms. The van der Waals surface area contributed by atoms with Gasteiger partial charge in [-0.25, -0.2) is 13.1 Å². The van der Waals surface area contributed by atoms with Crippen LogP contribution in [0.15, 0.2) is 83.8 Å². The molecule has 1 N–H and O–H groups in total. The summed E-state index contributed by atoms with van der Waals surface area (Å²) in [7, 11) is -3.56. The molecule has 144 valence electrons. The van der Waals surface area contributed by atoms with Gasteiger partial charge >= 0.3 is 0 Å². The summed E-state index contributed by atoms with van der Waals surface area (Å²) in [5.74, 6) is 0. The lowest BCUT2D eigenvalue weighted by Crippen LogP contribution is -2.48. The fraction of sp³-hybridized carbons (Fsp3) is 0.182. The van der Waals surface area contributed by atoms with Crippen LogP contribution < -0.4 is 9.62 Å². The number of nitrogens with zero attached hydrogens (tertiary/aromatic N) is 1. The molecule has 0 spiro atoms. The van der Waals surface area contributed by atoms with Gasteiger partial charge in [0.25, 0.3) is 0 Å². The van der Waals surface area contributed by atoms with Gasteiger partial charge in [0.1, 0.15) is 0 Å². The molecule has 1 heterocycles. The van der Waals surface area contributed by atoms with Gasteiger partial charge in [-0.15, -0.1) is 0 Å². The highest BCUT2D eigenvalue weighted by atomic mass is 35.5. The predicted octanol–water partition coefficient (Wildman–Crippen LogP) is 4.25. The van der Waals surface area contributed by atoms with Crippen molar-refractivity contribution >= 4 is 27.3 Å². The van der Waals surface area contributed by atoms with Crippen LogP contribution in [0.2, 0.25) is 5.02 Å². The fourth-order valence-electron chi connectivity index (χ4n) is 3.66. The lowest BCUT2D eigenvalue weighted by atomic mass is 9.98. The van der Waals surface area contributed by atoms with Crippen LogP contribution in [0.1, 0.15) is 11.1 Å². The van der Waals surface area contributed by atoms with Gasteiger partial charge in [0.2, 0.25) is 10.0 Å². The third-order valence-corrected chi connectivity index (χ3v) is 6.65. The van der Waals surface area contributed by atoms with E-state index in [9.17, 15) is 8.42 Å². The number of sulfonamides is 1. The van der Waals surface area contributed by atoms with Crippen LogP contribution in [0.3, 0.4) is 0 Å². The maximum Gasteiger partial charge on any atom is 0.240 e. The molecule has 0 saturated heterocycles. The smallest absolute Gasteiger partial charge is 0.240 e. The topological polar surface area (TPSA) is 49.4 Å². The molecule has 0 aromatic heterocycles. The molecule has 0 fully saturated rings. The molecule has 1 atom stereocenters. The molecule has 6 heteroatoms. The first-order chi connectivity index (χ1) is 13.5. The Kier molecular flexibility index (Phi) is 5.40. The first-order valence-corrected chi connectivity index (χ1v) is 11.0. The molecule has 28 heavy (non-hydrogen) atoms. The van der Waals surface area contributed by atoms with Crippen molar-refractivity contribution in [2.24, 2.45) is 0 Å². The molecular formula is C22H21ClN2O2S.